The van der Waals surface area contributed by atoms with Gasteiger partial charge in [-0.3, -0.25) is 0 Å². The van der Waals surface area contributed by atoms with Crippen molar-refractivity contribution in [3.05, 3.63) is 0 Å². The normalized spacial score (nSPS) is 19.1. The second-order valence-corrected chi connectivity index (χ2v) is 5.11. The molecule has 19 heavy (non-hydrogen) atoms. The van der Waals surface area contributed by atoms with Gasteiger partial charge in [-0.25, -0.2) is 0 Å². The summed E-state index contributed by atoms with van der Waals surface area (Å²) in [5.41, 5.74) is -0.363. The predicted molar refractivity (Wildman–Crippen MR) is 73.4 cm³/mol. The molecular weight excluding hydrogens is 242 g/mol. The standard InChI is InChI=1S/C15H27NO3/c1-4-17-15(18-5-2,19-6-3)12-14(13-16)10-8-7-9-11-14/h4-12H2,1-3H3. The van der Waals surface area contributed by atoms with Gasteiger partial charge in [-0.05, 0) is 33.6 Å². The molecule has 0 aromatic heterocycles. The fourth-order valence-corrected chi connectivity index (χ4v) is 2.91. The van der Waals surface area contributed by atoms with E-state index in [1.165, 1.54) is 6.42 Å². The maximum absolute atomic E-state index is 9.59. The maximum atomic E-state index is 9.59. The summed E-state index contributed by atoms with van der Waals surface area (Å²) in [4.78, 5) is 0. The molecule has 1 rings (SSSR count). The molecule has 0 unspecified atom stereocenters. The lowest BCUT2D eigenvalue weighted by Crippen LogP contribution is -2.45. The molecule has 4 nitrogen and oxygen atoms in total. The summed E-state index contributed by atoms with van der Waals surface area (Å²) in [5.74, 6) is -1.05. The van der Waals surface area contributed by atoms with E-state index in [2.05, 4.69) is 6.07 Å². The van der Waals surface area contributed by atoms with E-state index in [1.807, 2.05) is 20.8 Å². The fraction of sp³-hybridized carbons (Fsp3) is 0.933. The Balaban J connectivity index is 2.86. The Morgan fingerprint density at radius 1 is 0.947 bits per heavy atom. The topological polar surface area (TPSA) is 51.5 Å². The van der Waals surface area contributed by atoms with Crippen LogP contribution >= 0.6 is 0 Å². The van der Waals surface area contributed by atoms with Gasteiger partial charge >= 0.3 is 0 Å². The first-order valence-corrected chi connectivity index (χ1v) is 7.49. The fourth-order valence-electron chi connectivity index (χ4n) is 2.91. The Kier molecular flexibility index (Phi) is 6.78. The third-order valence-electron chi connectivity index (χ3n) is 3.70. The van der Waals surface area contributed by atoms with Gasteiger partial charge in [0.1, 0.15) is 0 Å². The monoisotopic (exact) mass is 269 g/mol. The highest BCUT2D eigenvalue weighted by Gasteiger charge is 2.44. The van der Waals surface area contributed by atoms with Crippen molar-refractivity contribution < 1.29 is 14.2 Å². The zero-order valence-electron chi connectivity index (χ0n) is 12.5. The van der Waals surface area contributed by atoms with Gasteiger partial charge in [0.15, 0.2) is 0 Å². The van der Waals surface area contributed by atoms with E-state index >= 15 is 0 Å². The van der Waals surface area contributed by atoms with Crippen LogP contribution in [0.15, 0.2) is 0 Å². The van der Waals surface area contributed by atoms with E-state index in [0.29, 0.717) is 26.2 Å². The number of rotatable bonds is 8. The van der Waals surface area contributed by atoms with E-state index in [-0.39, 0.29) is 5.41 Å². The van der Waals surface area contributed by atoms with Gasteiger partial charge < -0.3 is 14.2 Å². The number of nitrogens with zero attached hydrogens (tertiary/aromatic N) is 1. The SMILES string of the molecule is CCOC(CC1(C#N)CCCCC1)(OCC)OCC. The van der Waals surface area contributed by atoms with Crippen LogP contribution in [0.4, 0.5) is 0 Å². The van der Waals surface area contributed by atoms with E-state index in [0.717, 1.165) is 25.7 Å². The zero-order valence-corrected chi connectivity index (χ0v) is 12.5. The molecular formula is C15H27NO3. The first-order valence-electron chi connectivity index (χ1n) is 7.49. The molecule has 0 heterocycles. The third kappa shape index (κ3) is 4.45. The molecule has 0 aliphatic heterocycles. The van der Waals surface area contributed by atoms with E-state index in [1.54, 1.807) is 0 Å². The maximum Gasteiger partial charge on any atom is 0.284 e. The molecule has 0 bridgehead atoms. The van der Waals surface area contributed by atoms with Crippen molar-refractivity contribution in [2.45, 2.75) is 65.3 Å². The van der Waals surface area contributed by atoms with Crippen LogP contribution in [0, 0.1) is 16.7 Å². The van der Waals surface area contributed by atoms with E-state index in [4.69, 9.17) is 14.2 Å². The zero-order chi connectivity index (χ0) is 14.2. The van der Waals surface area contributed by atoms with Gasteiger partial charge in [0, 0.05) is 26.2 Å². The Hall–Kier alpha value is -0.630. The van der Waals surface area contributed by atoms with Crippen molar-refractivity contribution in [1.82, 2.24) is 0 Å². The molecule has 0 atom stereocenters. The van der Waals surface area contributed by atoms with Crippen LogP contribution in [0.3, 0.4) is 0 Å². The lowest BCUT2D eigenvalue weighted by atomic mass is 9.72. The molecule has 0 N–H and O–H groups in total. The minimum absolute atomic E-state index is 0.363. The van der Waals surface area contributed by atoms with Gasteiger partial charge in [-0.2, -0.15) is 5.26 Å². The largest absolute Gasteiger partial charge is 0.328 e. The van der Waals surface area contributed by atoms with Crippen LogP contribution in [0.1, 0.15) is 59.3 Å². The van der Waals surface area contributed by atoms with Gasteiger partial charge in [0.25, 0.3) is 5.97 Å². The lowest BCUT2D eigenvalue weighted by Gasteiger charge is -2.40. The van der Waals surface area contributed by atoms with Crippen molar-refractivity contribution in [3.8, 4) is 6.07 Å². The molecule has 0 aromatic carbocycles. The average molecular weight is 269 g/mol. The van der Waals surface area contributed by atoms with Crippen LogP contribution < -0.4 is 0 Å². The van der Waals surface area contributed by atoms with Crippen LogP contribution in [0.5, 0.6) is 0 Å². The molecule has 1 fully saturated rings. The molecule has 1 saturated carbocycles. The molecule has 0 spiro atoms. The molecule has 110 valence electrons. The minimum Gasteiger partial charge on any atom is -0.328 e. The molecule has 1 aliphatic rings. The molecule has 4 heteroatoms. The summed E-state index contributed by atoms with van der Waals surface area (Å²) in [5, 5.41) is 9.59. The van der Waals surface area contributed by atoms with Crippen molar-refractivity contribution in [2.24, 2.45) is 5.41 Å². The quantitative estimate of drug-likeness (QED) is 0.632. The summed E-state index contributed by atoms with van der Waals surface area (Å²) in [7, 11) is 0. The molecule has 0 radical (unpaired) electrons. The van der Waals surface area contributed by atoms with Crippen molar-refractivity contribution >= 4 is 0 Å². The first kappa shape index (κ1) is 16.4. The Morgan fingerprint density at radius 3 is 1.79 bits per heavy atom. The van der Waals surface area contributed by atoms with Gasteiger partial charge in [0.2, 0.25) is 0 Å². The van der Waals surface area contributed by atoms with Crippen molar-refractivity contribution in [1.29, 1.82) is 5.26 Å². The smallest absolute Gasteiger partial charge is 0.284 e. The summed E-state index contributed by atoms with van der Waals surface area (Å²) in [6.07, 6.45) is 5.76. The van der Waals surface area contributed by atoms with Crippen LogP contribution in [0.2, 0.25) is 0 Å². The van der Waals surface area contributed by atoms with Gasteiger partial charge in [-0.15, -0.1) is 0 Å². The van der Waals surface area contributed by atoms with Crippen LogP contribution in [-0.4, -0.2) is 25.8 Å². The highest BCUT2D eigenvalue weighted by atomic mass is 16.9. The highest BCUT2D eigenvalue weighted by Crippen LogP contribution is 2.43. The first-order chi connectivity index (χ1) is 9.16. The second-order valence-electron chi connectivity index (χ2n) is 5.11. The van der Waals surface area contributed by atoms with Crippen molar-refractivity contribution in [3.63, 3.8) is 0 Å². The lowest BCUT2D eigenvalue weighted by molar-refractivity contribution is -0.387. The van der Waals surface area contributed by atoms with Gasteiger partial charge in [-0.1, -0.05) is 19.3 Å². The number of ether oxygens (including phenoxy) is 3. The minimum atomic E-state index is -1.05. The number of hydrogen-bond donors (Lipinski definition) is 0. The Bertz CT molecular complexity index is 275. The summed E-state index contributed by atoms with van der Waals surface area (Å²) < 4.78 is 17.2. The van der Waals surface area contributed by atoms with Gasteiger partial charge in [0.05, 0.1) is 11.5 Å². The highest BCUT2D eigenvalue weighted by molar-refractivity contribution is 5.02. The predicted octanol–water partition coefficient (Wildman–Crippen LogP) is 3.61. The molecule has 1 aliphatic carbocycles. The molecule has 0 amide bonds. The molecule has 0 saturated heterocycles. The van der Waals surface area contributed by atoms with E-state index < -0.39 is 5.97 Å². The van der Waals surface area contributed by atoms with Crippen LogP contribution in [0.25, 0.3) is 0 Å². The Morgan fingerprint density at radius 2 is 1.42 bits per heavy atom. The number of nitriles is 1. The average Bonchev–Trinajstić information content (AvgIpc) is 2.40. The summed E-state index contributed by atoms with van der Waals surface area (Å²) in [6.45, 7) is 7.32. The summed E-state index contributed by atoms with van der Waals surface area (Å²) >= 11 is 0. The molecule has 0 aromatic rings. The van der Waals surface area contributed by atoms with E-state index in [9.17, 15) is 5.26 Å². The summed E-state index contributed by atoms with van der Waals surface area (Å²) in [6, 6.07) is 2.51. The van der Waals surface area contributed by atoms with Crippen LogP contribution in [-0.2, 0) is 14.2 Å². The third-order valence-corrected chi connectivity index (χ3v) is 3.70. The second kappa shape index (κ2) is 7.84. The number of hydrogen-bond acceptors (Lipinski definition) is 4. The van der Waals surface area contributed by atoms with Crippen molar-refractivity contribution in [2.75, 3.05) is 19.8 Å². The Labute approximate surface area is 117 Å².